The standard InChI is InChI=1S/C12H21N3O2S/c1-3-11-13-14-12(15(11)2)18-8-7-16-9-10-5-4-6-17-10/h10H,3-9H2,1-2H3/t10-/m0/s1. The number of aromatic nitrogens is 3. The highest BCUT2D eigenvalue weighted by atomic mass is 32.2. The van der Waals surface area contributed by atoms with E-state index in [1.165, 1.54) is 6.42 Å². The van der Waals surface area contributed by atoms with E-state index in [4.69, 9.17) is 9.47 Å². The van der Waals surface area contributed by atoms with Crippen LogP contribution in [0, 0.1) is 0 Å². The summed E-state index contributed by atoms with van der Waals surface area (Å²) >= 11 is 1.69. The van der Waals surface area contributed by atoms with E-state index in [9.17, 15) is 0 Å². The molecule has 2 rings (SSSR count). The summed E-state index contributed by atoms with van der Waals surface area (Å²) in [6, 6.07) is 0. The molecule has 6 heteroatoms. The van der Waals surface area contributed by atoms with E-state index < -0.39 is 0 Å². The Bertz CT molecular complexity index is 364. The third-order valence-corrected chi connectivity index (χ3v) is 4.01. The minimum absolute atomic E-state index is 0.316. The number of aryl methyl sites for hydroxylation is 1. The molecule has 0 saturated carbocycles. The van der Waals surface area contributed by atoms with Gasteiger partial charge in [-0.1, -0.05) is 18.7 Å². The third-order valence-electron chi connectivity index (χ3n) is 3.03. The third kappa shape index (κ3) is 3.70. The van der Waals surface area contributed by atoms with Gasteiger partial charge in [-0.3, -0.25) is 0 Å². The number of ether oxygens (including phenoxy) is 2. The molecule has 1 aromatic heterocycles. The van der Waals surface area contributed by atoms with Crippen molar-refractivity contribution in [3.05, 3.63) is 5.82 Å². The number of rotatable bonds is 7. The molecule has 0 unspecified atom stereocenters. The van der Waals surface area contributed by atoms with Gasteiger partial charge in [0, 0.05) is 25.8 Å². The molecule has 0 spiro atoms. The van der Waals surface area contributed by atoms with Gasteiger partial charge >= 0.3 is 0 Å². The maximum atomic E-state index is 5.61. The van der Waals surface area contributed by atoms with Crippen LogP contribution in [0.15, 0.2) is 5.16 Å². The Labute approximate surface area is 112 Å². The zero-order chi connectivity index (χ0) is 12.8. The highest BCUT2D eigenvalue weighted by Gasteiger charge is 2.15. The van der Waals surface area contributed by atoms with Crippen molar-refractivity contribution >= 4 is 11.8 Å². The summed E-state index contributed by atoms with van der Waals surface area (Å²) < 4.78 is 13.2. The molecule has 1 saturated heterocycles. The SMILES string of the molecule is CCc1nnc(SCCOC[C@@H]2CCCO2)n1C. The molecule has 0 aliphatic carbocycles. The molecule has 1 aliphatic rings. The Morgan fingerprint density at radius 2 is 2.39 bits per heavy atom. The van der Waals surface area contributed by atoms with Crippen LogP contribution in [0.2, 0.25) is 0 Å². The average molecular weight is 271 g/mol. The lowest BCUT2D eigenvalue weighted by molar-refractivity contribution is 0.0226. The molecule has 1 aromatic rings. The first-order chi connectivity index (χ1) is 8.81. The predicted octanol–water partition coefficient (Wildman–Crippen LogP) is 1.67. The van der Waals surface area contributed by atoms with Crippen LogP contribution in [-0.2, 0) is 22.9 Å². The van der Waals surface area contributed by atoms with E-state index in [1.54, 1.807) is 11.8 Å². The first kappa shape index (κ1) is 13.8. The molecular weight excluding hydrogens is 250 g/mol. The van der Waals surface area contributed by atoms with Crippen molar-refractivity contribution in [2.24, 2.45) is 7.05 Å². The molecule has 0 radical (unpaired) electrons. The fourth-order valence-corrected chi connectivity index (χ4v) is 2.74. The zero-order valence-electron chi connectivity index (χ0n) is 11.1. The number of hydrogen-bond donors (Lipinski definition) is 0. The molecule has 0 N–H and O–H groups in total. The van der Waals surface area contributed by atoms with Crippen LogP contribution in [0.4, 0.5) is 0 Å². The molecule has 2 heterocycles. The highest BCUT2D eigenvalue weighted by Crippen LogP contribution is 2.16. The van der Waals surface area contributed by atoms with E-state index in [2.05, 4.69) is 17.1 Å². The van der Waals surface area contributed by atoms with Gasteiger partial charge in [0.25, 0.3) is 0 Å². The molecule has 5 nitrogen and oxygen atoms in total. The fraction of sp³-hybridized carbons (Fsp3) is 0.833. The average Bonchev–Trinajstić information content (AvgIpc) is 3.00. The molecule has 102 valence electrons. The number of nitrogens with zero attached hydrogens (tertiary/aromatic N) is 3. The van der Waals surface area contributed by atoms with Gasteiger partial charge in [0.2, 0.25) is 0 Å². The minimum Gasteiger partial charge on any atom is -0.378 e. The largest absolute Gasteiger partial charge is 0.378 e. The van der Waals surface area contributed by atoms with Crippen molar-refractivity contribution < 1.29 is 9.47 Å². The molecule has 18 heavy (non-hydrogen) atoms. The van der Waals surface area contributed by atoms with Gasteiger partial charge in [-0.2, -0.15) is 0 Å². The van der Waals surface area contributed by atoms with E-state index in [1.807, 2.05) is 11.6 Å². The maximum Gasteiger partial charge on any atom is 0.191 e. The molecule has 0 amide bonds. The second-order valence-corrected chi connectivity index (χ2v) is 5.43. The van der Waals surface area contributed by atoms with Crippen molar-refractivity contribution in [2.75, 3.05) is 25.6 Å². The molecule has 1 aliphatic heterocycles. The van der Waals surface area contributed by atoms with E-state index in [0.717, 1.165) is 49.4 Å². The van der Waals surface area contributed by atoms with Gasteiger partial charge in [-0.05, 0) is 12.8 Å². The predicted molar refractivity (Wildman–Crippen MR) is 70.9 cm³/mol. The van der Waals surface area contributed by atoms with Crippen LogP contribution >= 0.6 is 11.8 Å². The molecule has 1 fully saturated rings. The molecule has 1 atom stereocenters. The van der Waals surface area contributed by atoms with Crippen LogP contribution in [0.1, 0.15) is 25.6 Å². The Hall–Kier alpha value is -0.590. The summed E-state index contributed by atoms with van der Waals surface area (Å²) in [5, 5.41) is 9.25. The summed E-state index contributed by atoms with van der Waals surface area (Å²) in [5.41, 5.74) is 0. The van der Waals surface area contributed by atoms with Gasteiger partial charge in [0.1, 0.15) is 5.82 Å². The summed E-state index contributed by atoms with van der Waals surface area (Å²) in [6.07, 6.45) is 3.54. The Morgan fingerprint density at radius 1 is 1.50 bits per heavy atom. The fourth-order valence-electron chi connectivity index (χ4n) is 1.96. The Morgan fingerprint density at radius 3 is 3.06 bits per heavy atom. The lowest BCUT2D eigenvalue weighted by Gasteiger charge is -2.09. The monoisotopic (exact) mass is 271 g/mol. The second-order valence-electron chi connectivity index (χ2n) is 4.37. The number of hydrogen-bond acceptors (Lipinski definition) is 5. The summed E-state index contributed by atoms with van der Waals surface area (Å²) in [5.74, 6) is 1.93. The van der Waals surface area contributed by atoms with Crippen molar-refractivity contribution in [1.82, 2.24) is 14.8 Å². The van der Waals surface area contributed by atoms with Crippen LogP contribution < -0.4 is 0 Å². The Balaban J connectivity index is 1.61. The quantitative estimate of drug-likeness (QED) is 0.557. The summed E-state index contributed by atoms with van der Waals surface area (Å²) in [4.78, 5) is 0. The lowest BCUT2D eigenvalue weighted by atomic mass is 10.2. The lowest BCUT2D eigenvalue weighted by Crippen LogP contribution is -2.15. The Kier molecular flexibility index (Phi) is 5.46. The molecular formula is C12H21N3O2S. The smallest absolute Gasteiger partial charge is 0.191 e. The van der Waals surface area contributed by atoms with E-state index in [0.29, 0.717) is 6.10 Å². The summed E-state index contributed by atoms with van der Waals surface area (Å²) in [7, 11) is 2.01. The zero-order valence-corrected chi connectivity index (χ0v) is 11.9. The van der Waals surface area contributed by atoms with Gasteiger partial charge in [-0.15, -0.1) is 10.2 Å². The van der Waals surface area contributed by atoms with Gasteiger partial charge in [-0.25, -0.2) is 0 Å². The summed E-state index contributed by atoms with van der Waals surface area (Å²) in [6.45, 7) is 4.43. The van der Waals surface area contributed by atoms with E-state index in [-0.39, 0.29) is 0 Å². The highest BCUT2D eigenvalue weighted by molar-refractivity contribution is 7.99. The molecule has 0 bridgehead atoms. The topological polar surface area (TPSA) is 49.2 Å². The number of thioether (sulfide) groups is 1. The first-order valence-electron chi connectivity index (χ1n) is 6.51. The van der Waals surface area contributed by atoms with Gasteiger partial charge < -0.3 is 14.0 Å². The maximum absolute atomic E-state index is 5.61. The van der Waals surface area contributed by atoms with Crippen molar-refractivity contribution in [3.8, 4) is 0 Å². The molecule has 0 aromatic carbocycles. The van der Waals surface area contributed by atoms with Crippen LogP contribution in [-0.4, -0.2) is 46.4 Å². The van der Waals surface area contributed by atoms with Crippen molar-refractivity contribution in [1.29, 1.82) is 0 Å². The van der Waals surface area contributed by atoms with Crippen molar-refractivity contribution in [2.45, 2.75) is 37.4 Å². The van der Waals surface area contributed by atoms with Crippen LogP contribution in [0.25, 0.3) is 0 Å². The van der Waals surface area contributed by atoms with E-state index >= 15 is 0 Å². The normalized spacial score (nSPS) is 19.6. The first-order valence-corrected chi connectivity index (χ1v) is 7.50. The van der Waals surface area contributed by atoms with Crippen LogP contribution in [0.3, 0.4) is 0 Å². The van der Waals surface area contributed by atoms with Crippen molar-refractivity contribution in [3.63, 3.8) is 0 Å². The minimum atomic E-state index is 0.316. The van der Waals surface area contributed by atoms with Gasteiger partial charge in [0.05, 0.1) is 19.3 Å². The van der Waals surface area contributed by atoms with Gasteiger partial charge in [0.15, 0.2) is 5.16 Å². The second kappa shape index (κ2) is 7.11. The van der Waals surface area contributed by atoms with Crippen LogP contribution in [0.5, 0.6) is 0 Å².